The molecule has 2 atom stereocenters. The molecule has 3 aliphatic rings. The van der Waals surface area contributed by atoms with E-state index in [-0.39, 0.29) is 36.1 Å². The van der Waals surface area contributed by atoms with E-state index in [0.29, 0.717) is 31.6 Å². The molecule has 0 bridgehead atoms. The number of imide groups is 2. The number of anilines is 1. The number of nitrogens with one attached hydrogen (secondary N) is 2. The average Bonchev–Trinajstić information content (AvgIpc) is 3.44. The molecule has 1 aromatic heterocycles. The Hall–Kier alpha value is -4.22. The van der Waals surface area contributed by atoms with Gasteiger partial charge in [-0.25, -0.2) is 4.79 Å². The molecule has 0 saturated carbocycles. The molecule has 5 amide bonds. The van der Waals surface area contributed by atoms with Crippen molar-refractivity contribution in [3.8, 4) is 0 Å². The van der Waals surface area contributed by atoms with Crippen molar-refractivity contribution in [1.29, 1.82) is 0 Å². The van der Waals surface area contributed by atoms with Gasteiger partial charge in [0.25, 0.3) is 11.8 Å². The molecule has 12 nitrogen and oxygen atoms in total. The third kappa shape index (κ3) is 4.08. The Kier molecular flexibility index (Phi) is 5.94. The summed E-state index contributed by atoms with van der Waals surface area (Å²) in [5.41, 5.74) is 1.75. The smallest absolute Gasteiger partial charge is 0.407 e. The fraction of sp³-hybridized carbons (Fsp3) is 0.417. The first-order chi connectivity index (χ1) is 17.2. The summed E-state index contributed by atoms with van der Waals surface area (Å²) in [6.45, 7) is 2.82. The highest BCUT2D eigenvalue weighted by Gasteiger charge is 2.45. The van der Waals surface area contributed by atoms with E-state index in [1.54, 1.807) is 24.4 Å². The molecule has 2 unspecified atom stereocenters. The highest BCUT2D eigenvalue weighted by molar-refractivity contribution is 6.25. The van der Waals surface area contributed by atoms with Crippen molar-refractivity contribution < 1.29 is 29.1 Å². The van der Waals surface area contributed by atoms with E-state index < -0.39 is 35.8 Å². The quantitative estimate of drug-likeness (QED) is 0.532. The van der Waals surface area contributed by atoms with Gasteiger partial charge >= 0.3 is 6.09 Å². The summed E-state index contributed by atoms with van der Waals surface area (Å²) >= 11 is 0. The number of aromatic nitrogens is 2. The number of carbonyl (C=O) groups excluding carboxylic acids is 4. The molecule has 0 aliphatic carbocycles. The van der Waals surface area contributed by atoms with Crippen LogP contribution in [0.3, 0.4) is 0 Å². The van der Waals surface area contributed by atoms with Gasteiger partial charge in [-0.05, 0) is 38.3 Å². The summed E-state index contributed by atoms with van der Waals surface area (Å²) in [5, 5.41) is 19.1. The van der Waals surface area contributed by atoms with Crippen LogP contribution in [0.1, 0.15) is 71.0 Å². The Morgan fingerprint density at radius 1 is 1.14 bits per heavy atom. The van der Waals surface area contributed by atoms with Gasteiger partial charge in [0.2, 0.25) is 11.8 Å². The van der Waals surface area contributed by atoms with Crippen LogP contribution in [0.2, 0.25) is 0 Å². The van der Waals surface area contributed by atoms with E-state index >= 15 is 0 Å². The highest BCUT2D eigenvalue weighted by Crippen LogP contribution is 2.34. The Morgan fingerprint density at radius 3 is 2.58 bits per heavy atom. The van der Waals surface area contributed by atoms with Crippen molar-refractivity contribution in [2.75, 3.05) is 18.4 Å². The van der Waals surface area contributed by atoms with Crippen LogP contribution in [0.4, 0.5) is 10.5 Å². The van der Waals surface area contributed by atoms with E-state index in [9.17, 15) is 24.0 Å². The first kappa shape index (κ1) is 23.5. The summed E-state index contributed by atoms with van der Waals surface area (Å²) < 4.78 is 1.85. The molecule has 36 heavy (non-hydrogen) atoms. The molecule has 2 fully saturated rings. The molecule has 2 aromatic rings. The number of amides is 5. The zero-order valence-electron chi connectivity index (χ0n) is 19.6. The number of hydrogen-bond donors (Lipinski definition) is 3. The van der Waals surface area contributed by atoms with Crippen LogP contribution in [0.15, 0.2) is 30.6 Å². The number of piperidine rings is 2. The number of carboxylic acid groups (broad SMARTS) is 1. The van der Waals surface area contributed by atoms with Crippen LogP contribution >= 0.6 is 0 Å². The van der Waals surface area contributed by atoms with Crippen molar-refractivity contribution in [2.24, 2.45) is 0 Å². The molecule has 3 aliphatic heterocycles. The molecule has 3 N–H and O–H groups in total. The predicted octanol–water partition coefficient (Wildman–Crippen LogP) is 1.77. The third-order valence-electron chi connectivity index (χ3n) is 7.07. The molecule has 4 heterocycles. The summed E-state index contributed by atoms with van der Waals surface area (Å²) in [5.74, 6) is -2.19. The van der Waals surface area contributed by atoms with Gasteiger partial charge in [-0.2, -0.15) is 5.10 Å². The molecule has 12 heteroatoms. The van der Waals surface area contributed by atoms with Gasteiger partial charge in [-0.15, -0.1) is 0 Å². The minimum Gasteiger partial charge on any atom is -0.465 e. The van der Waals surface area contributed by atoms with Crippen molar-refractivity contribution >= 4 is 35.4 Å². The first-order valence-corrected chi connectivity index (χ1v) is 11.9. The Morgan fingerprint density at radius 2 is 1.89 bits per heavy atom. The molecule has 2 saturated heterocycles. The number of hydrogen-bond acceptors (Lipinski definition) is 7. The highest BCUT2D eigenvalue weighted by atomic mass is 16.4. The zero-order valence-corrected chi connectivity index (χ0v) is 19.6. The SMILES string of the molecule is CC(Nc1cccc2c1C(=O)N(C1CCC(=O)NC1=O)C2=O)c1cnn(C2CCN(C(=O)O)CC2)c1. The number of carbonyl (C=O) groups is 5. The second-order valence-electron chi connectivity index (χ2n) is 9.30. The lowest BCUT2D eigenvalue weighted by Gasteiger charge is -2.30. The van der Waals surface area contributed by atoms with Gasteiger partial charge in [0.05, 0.1) is 29.4 Å². The van der Waals surface area contributed by atoms with Crippen molar-refractivity contribution in [3.63, 3.8) is 0 Å². The topological polar surface area (TPSA) is 154 Å². The van der Waals surface area contributed by atoms with Gasteiger partial charge in [0.1, 0.15) is 6.04 Å². The number of nitrogens with zero attached hydrogens (tertiary/aromatic N) is 4. The molecule has 5 rings (SSSR count). The standard InChI is InChI=1S/C24H26N6O6/c1-13(14-11-25-29(12-14)15-7-9-28(10-8-15)24(35)36)26-17-4-2-3-16-20(17)23(34)30(22(16)33)18-5-6-19(31)27-21(18)32/h2-4,11-13,15,18,26H,5-10H2,1H3,(H,35,36)(H,27,31,32). The number of likely N-dealkylation sites (tertiary alicyclic amines) is 1. The first-order valence-electron chi connectivity index (χ1n) is 11.9. The fourth-order valence-electron chi connectivity index (χ4n) is 5.05. The molecule has 0 radical (unpaired) electrons. The van der Waals surface area contributed by atoms with Gasteiger partial charge < -0.3 is 15.3 Å². The molecule has 188 valence electrons. The summed E-state index contributed by atoms with van der Waals surface area (Å²) in [4.78, 5) is 63.7. The number of benzene rings is 1. The third-order valence-corrected chi connectivity index (χ3v) is 7.07. The van der Waals surface area contributed by atoms with Gasteiger partial charge in [-0.1, -0.05) is 6.07 Å². The van der Waals surface area contributed by atoms with E-state index in [1.807, 2.05) is 17.8 Å². The van der Waals surface area contributed by atoms with Gasteiger partial charge in [-0.3, -0.25) is 34.1 Å². The summed E-state index contributed by atoms with van der Waals surface area (Å²) in [7, 11) is 0. The van der Waals surface area contributed by atoms with E-state index in [4.69, 9.17) is 5.11 Å². The van der Waals surface area contributed by atoms with Gasteiger partial charge in [0, 0.05) is 37.0 Å². The van der Waals surface area contributed by atoms with Crippen molar-refractivity contribution in [2.45, 2.75) is 50.7 Å². The lowest BCUT2D eigenvalue weighted by Crippen LogP contribution is -2.54. The molecular weight excluding hydrogens is 468 g/mol. The van der Waals surface area contributed by atoms with Crippen molar-refractivity contribution in [3.05, 3.63) is 47.3 Å². The lowest BCUT2D eigenvalue weighted by atomic mass is 10.0. The van der Waals surface area contributed by atoms with Crippen LogP contribution in [0.5, 0.6) is 0 Å². The van der Waals surface area contributed by atoms with Crippen LogP contribution in [-0.2, 0) is 9.59 Å². The van der Waals surface area contributed by atoms with E-state index in [1.165, 1.54) is 4.90 Å². The Labute approximate surface area is 206 Å². The van der Waals surface area contributed by atoms with Crippen molar-refractivity contribution in [1.82, 2.24) is 24.9 Å². The number of rotatable bonds is 5. The predicted molar refractivity (Wildman–Crippen MR) is 125 cm³/mol. The molecular formula is C24H26N6O6. The van der Waals surface area contributed by atoms with Crippen LogP contribution in [-0.4, -0.2) is 73.5 Å². The second kappa shape index (κ2) is 9.10. The van der Waals surface area contributed by atoms with Crippen LogP contribution in [0, 0.1) is 0 Å². The average molecular weight is 495 g/mol. The normalized spacial score (nSPS) is 21.4. The molecule has 1 aromatic carbocycles. The minimum absolute atomic E-state index is 0.0608. The largest absolute Gasteiger partial charge is 0.465 e. The maximum Gasteiger partial charge on any atom is 0.407 e. The maximum absolute atomic E-state index is 13.3. The zero-order chi connectivity index (χ0) is 25.6. The number of fused-ring (bicyclic) bond motifs is 1. The fourth-order valence-corrected chi connectivity index (χ4v) is 5.05. The minimum atomic E-state index is -1.02. The monoisotopic (exact) mass is 494 g/mol. The van der Waals surface area contributed by atoms with Crippen LogP contribution < -0.4 is 10.6 Å². The van der Waals surface area contributed by atoms with E-state index in [2.05, 4.69) is 15.7 Å². The molecule has 0 spiro atoms. The van der Waals surface area contributed by atoms with Crippen LogP contribution in [0.25, 0.3) is 0 Å². The summed E-state index contributed by atoms with van der Waals surface area (Å²) in [6, 6.07) is 3.76. The maximum atomic E-state index is 13.3. The second-order valence-corrected chi connectivity index (χ2v) is 9.30. The lowest BCUT2D eigenvalue weighted by molar-refractivity contribution is -0.136. The van der Waals surface area contributed by atoms with Gasteiger partial charge in [0.15, 0.2) is 0 Å². The Balaban J connectivity index is 1.31. The van der Waals surface area contributed by atoms with E-state index in [0.717, 1.165) is 10.5 Å². The Bertz CT molecular complexity index is 1260. The summed E-state index contributed by atoms with van der Waals surface area (Å²) in [6.07, 6.45) is 4.23.